The van der Waals surface area contributed by atoms with Gasteiger partial charge in [0.25, 0.3) is 6.47 Å². The van der Waals surface area contributed by atoms with E-state index in [0.717, 1.165) is 55.2 Å². The molecule has 2 aromatic rings. The van der Waals surface area contributed by atoms with E-state index in [4.69, 9.17) is 14.7 Å². The van der Waals surface area contributed by atoms with E-state index in [-0.39, 0.29) is 6.10 Å². The van der Waals surface area contributed by atoms with Gasteiger partial charge in [0.2, 0.25) is 0 Å². The molecule has 0 amide bonds. The lowest BCUT2D eigenvalue weighted by Gasteiger charge is -2.38. The van der Waals surface area contributed by atoms with Crippen molar-refractivity contribution in [3.63, 3.8) is 0 Å². The molecular weight excluding hydrogens is 402 g/mol. The van der Waals surface area contributed by atoms with Crippen LogP contribution in [-0.2, 0) is 14.3 Å². The lowest BCUT2D eigenvalue weighted by molar-refractivity contribution is -0.134. The van der Waals surface area contributed by atoms with Crippen LogP contribution in [0.2, 0.25) is 0 Å². The number of nitrogens with one attached hydrogen (secondary N) is 1. The molecule has 170 valence electrons. The van der Waals surface area contributed by atoms with Crippen LogP contribution in [0.5, 0.6) is 0 Å². The van der Waals surface area contributed by atoms with Gasteiger partial charge in [-0.15, -0.1) is 0 Å². The molecule has 1 saturated heterocycles. The van der Waals surface area contributed by atoms with Gasteiger partial charge in [0, 0.05) is 31.5 Å². The number of ether oxygens (including phenoxy) is 2. The summed E-state index contributed by atoms with van der Waals surface area (Å²) in [5, 5.41) is 12.7. The largest absolute Gasteiger partial charge is 0.460 e. The summed E-state index contributed by atoms with van der Waals surface area (Å²) in [6.07, 6.45) is 2.40. The Kier molecular flexibility index (Phi) is 8.52. The van der Waals surface area contributed by atoms with Crippen LogP contribution in [0.1, 0.15) is 57.3 Å². The van der Waals surface area contributed by atoms with E-state index in [0.29, 0.717) is 30.4 Å². The number of hydrogen-bond donors (Lipinski definition) is 1. The van der Waals surface area contributed by atoms with Crippen molar-refractivity contribution in [3.8, 4) is 6.07 Å². The third-order valence-corrected chi connectivity index (χ3v) is 5.78. The number of hydrogen-bond acceptors (Lipinski definition) is 6. The third kappa shape index (κ3) is 6.02. The van der Waals surface area contributed by atoms with Crippen molar-refractivity contribution in [2.24, 2.45) is 5.92 Å². The van der Waals surface area contributed by atoms with Crippen molar-refractivity contribution in [2.45, 2.75) is 52.2 Å². The summed E-state index contributed by atoms with van der Waals surface area (Å²) in [5.74, 6) is 0.502. The molecule has 0 spiro atoms. The Hall–Kier alpha value is -3.04. The van der Waals surface area contributed by atoms with Gasteiger partial charge in [-0.2, -0.15) is 5.26 Å². The number of benzene rings is 2. The topological polar surface area (TPSA) is 74.6 Å². The highest BCUT2D eigenvalue weighted by atomic mass is 16.5. The number of nitrogens with zero attached hydrogens (tertiary/aromatic N) is 2. The molecule has 0 aliphatic carbocycles. The van der Waals surface area contributed by atoms with Gasteiger partial charge in [-0.3, -0.25) is 4.79 Å². The summed E-state index contributed by atoms with van der Waals surface area (Å²) in [5.41, 5.74) is 4.57. The number of nitriles is 1. The van der Waals surface area contributed by atoms with Gasteiger partial charge in [0.15, 0.2) is 0 Å². The monoisotopic (exact) mass is 435 g/mol. The maximum Gasteiger partial charge on any atom is 0.293 e. The van der Waals surface area contributed by atoms with E-state index in [1.807, 2.05) is 19.1 Å². The number of carbonyl (C=O) groups excluding carboxylic acids is 1. The third-order valence-electron chi connectivity index (χ3n) is 5.78. The second-order valence-corrected chi connectivity index (χ2v) is 8.61. The van der Waals surface area contributed by atoms with Crippen LogP contribution in [0.3, 0.4) is 0 Å². The Balaban J connectivity index is 2.02. The normalized spacial score (nSPS) is 15.1. The molecule has 1 aliphatic rings. The van der Waals surface area contributed by atoms with Crippen LogP contribution >= 0.6 is 0 Å². The number of anilines is 3. The number of carbonyl (C=O) groups is 1. The zero-order valence-electron chi connectivity index (χ0n) is 19.2. The highest BCUT2D eigenvalue weighted by Crippen LogP contribution is 2.36. The van der Waals surface area contributed by atoms with Crippen LogP contribution in [0, 0.1) is 17.2 Å². The molecule has 1 N–H and O–H groups in total. The average Bonchev–Trinajstić information content (AvgIpc) is 2.82. The van der Waals surface area contributed by atoms with Crippen LogP contribution in [0.4, 0.5) is 17.1 Å². The van der Waals surface area contributed by atoms with E-state index < -0.39 is 0 Å². The van der Waals surface area contributed by atoms with Crippen molar-refractivity contribution in [2.75, 3.05) is 30.0 Å². The zero-order chi connectivity index (χ0) is 22.9. The smallest absolute Gasteiger partial charge is 0.293 e. The quantitative estimate of drug-likeness (QED) is 0.492. The molecule has 0 radical (unpaired) electrons. The molecule has 1 aliphatic heterocycles. The highest BCUT2D eigenvalue weighted by molar-refractivity contribution is 5.77. The minimum absolute atomic E-state index is 0.287. The molecule has 6 heteroatoms. The minimum atomic E-state index is -0.287. The lowest BCUT2D eigenvalue weighted by atomic mass is 10.0. The fraction of sp³-hybridized carbons (Fsp3) is 0.462. The fourth-order valence-electron chi connectivity index (χ4n) is 4.20. The van der Waals surface area contributed by atoms with E-state index in [9.17, 15) is 4.79 Å². The summed E-state index contributed by atoms with van der Waals surface area (Å²) >= 11 is 0. The molecular formula is C26H33N3O3. The maximum atomic E-state index is 11.0. The van der Waals surface area contributed by atoms with Gasteiger partial charge in [-0.1, -0.05) is 26.8 Å². The van der Waals surface area contributed by atoms with E-state index >= 15 is 0 Å². The molecule has 1 unspecified atom stereocenters. The molecule has 0 bridgehead atoms. The number of rotatable bonds is 10. The highest BCUT2D eigenvalue weighted by Gasteiger charge is 2.25. The molecule has 2 aromatic carbocycles. The Morgan fingerprint density at radius 2 is 1.94 bits per heavy atom. The van der Waals surface area contributed by atoms with Gasteiger partial charge < -0.3 is 19.7 Å². The van der Waals surface area contributed by atoms with Crippen molar-refractivity contribution in [3.05, 3.63) is 53.6 Å². The van der Waals surface area contributed by atoms with Crippen molar-refractivity contribution < 1.29 is 14.3 Å². The predicted octanol–water partition coefficient (Wildman–Crippen LogP) is 5.57. The summed E-state index contributed by atoms with van der Waals surface area (Å²) in [4.78, 5) is 13.5. The molecule has 1 atom stereocenters. The van der Waals surface area contributed by atoms with Gasteiger partial charge in [0.05, 0.1) is 23.0 Å². The Bertz CT molecular complexity index is 915. The summed E-state index contributed by atoms with van der Waals surface area (Å²) in [7, 11) is 0. The second kappa shape index (κ2) is 11.5. The Labute approximate surface area is 191 Å². The molecule has 0 aromatic heterocycles. The first-order chi connectivity index (χ1) is 15.5. The van der Waals surface area contributed by atoms with E-state index in [2.05, 4.69) is 48.3 Å². The van der Waals surface area contributed by atoms with E-state index in [1.165, 1.54) is 0 Å². The van der Waals surface area contributed by atoms with Crippen molar-refractivity contribution in [1.29, 1.82) is 5.26 Å². The van der Waals surface area contributed by atoms with Crippen LogP contribution in [-0.4, -0.2) is 32.3 Å². The second-order valence-electron chi connectivity index (χ2n) is 8.61. The first kappa shape index (κ1) is 23.6. The minimum Gasteiger partial charge on any atom is -0.460 e. The standard InChI is InChI=1S/C26H33N3O3/c1-4-26(32-18-30)21-7-10-25(29(17-19(2)3)23-11-13-31-14-12-23)24(15-21)28-22-8-5-20(16-27)6-9-22/h5-10,15,18-19,23,26,28H,4,11-14,17H2,1-3H3. The maximum absolute atomic E-state index is 11.0. The fourth-order valence-corrected chi connectivity index (χ4v) is 4.20. The first-order valence-corrected chi connectivity index (χ1v) is 11.4. The lowest BCUT2D eigenvalue weighted by Crippen LogP contribution is -2.42. The van der Waals surface area contributed by atoms with Crippen LogP contribution in [0.15, 0.2) is 42.5 Å². The Morgan fingerprint density at radius 1 is 1.22 bits per heavy atom. The molecule has 0 saturated carbocycles. The molecule has 6 nitrogen and oxygen atoms in total. The van der Waals surface area contributed by atoms with Crippen molar-refractivity contribution >= 4 is 23.5 Å². The van der Waals surface area contributed by atoms with Crippen LogP contribution in [0.25, 0.3) is 0 Å². The SMILES string of the molecule is CCC(OC=O)c1ccc(N(CC(C)C)C2CCOCC2)c(Nc2ccc(C#N)cc2)c1. The molecule has 1 fully saturated rings. The summed E-state index contributed by atoms with van der Waals surface area (Å²) in [6.45, 7) is 9.49. The average molecular weight is 436 g/mol. The zero-order valence-corrected chi connectivity index (χ0v) is 19.2. The summed E-state index contributed by atoms with van der Waals surface area (Å²) < 4.78 is 10.9. The van der Waals surface area contributed by atoms with Gasteiger partial charge in [-0.25, -0.2) is 0 Å². The first-order valence-electron chi connectivity index (χ1n) is 11.4. The van der Waals surface area contributed by atoms with Crippen molar-refractivity contribution in [1.82, 2.24) is 0 Å². The molecule has 3 rings (SSSR count). The molecule has 1 heterocycles. The Morgan fingerprint density at radius 3 is 2.53 bits per heavy atom. The van der Waals surface area contributed by atoms with E-state index in [1.54, 1.807) is 12.1 Å². The molecule has 32 heavy (non-hydrogen) atoms. The predicted molar refractivity (Wildman–Crippen MR) is 127 cm³/mol. The van der Waals surface area contributed by atoms with Crippen LogP contribution < -0.4 is 10.2 Å². The van der Waals surface area contributed by atoms with Gasteiger partial charge in [0.1, 0.15) is 6.10 Å². The van der Waals surface area contributed by atoms with Gasteiger partial charge in [-0.05, 0) is 67.1 Å². The summed E-state index contributed by atoms with van der Waals surface area (Å²) in [6, 6.07) is 16.3. The van der Waals surface area contributed by atoms with Gasteiger partial charge >= 0.3 is 0 Å².